The van der Waals surface area contributed by atoms with Crippen molar-refractivity contribution in [3.8, 4) is 5.75 Å². The fraction of sp³-hybridized carbons (Fsp3) is 0.188. The molecule has 0 heterocycles. The number of halogens is 1. The highest BCUT2D eigenvalue weighted by Gasteiger charge is 2.01. The number of rotatable bonds is 4. The van der Waals surface area contributed by atoms with Gasteiger partial charge in [0.05, 0.1) is 13.7 Å². The van der Waals surface area contributed by atoms with Crippen LogP contribution in [0.5, 0.6) is 5.75 Å². The van der Waals surface area contributed by atoms with Crippen LogP contribution in [0.4, 0.5) is 0 Å². The first-order valence-corrected chi connectivity index (χ1v) is 6.89. The van der Waals surface area contributed by atoms with E-state index in [9.17, 15) is 0 Å². The zero-order valence-corrected chi connectivity index (χ0v) is 12.6. The average Bonchev–Trinajstić information content (AvgIpc) is 2.46. The van der Waals surface area contributed by atoms with Crippen molar-refractivity contribution in [1.82, 2.24) is 0 Å². The van der Waals surface area contributed by atoms with Crippen molar-refractivity contribution in [3.05, 3.63) is 64.1 Å². The molecule has 3 heteroatoms. The summed E-state index contributed by atoms with van der Waals surface area (Å²) in [5.74, 6) is 0.871. The van der Waals surface area contributed by atoms with E-state index in [4.69, 9.17) is 4.74 Å². The first-order chi connectivity index (χ1) is 9.20. The van der Waals surface area contributed by atoms with Gasteiger partial charge in [-0.3, -0.25) is 4.99 Å². The van der Waals surface area contributed by atoms with Gasteiger partial charge in [-0.15, -0.1) is 0 Å². The lowest BCUT2D eigenvalue weighted by molar-refractivity contribution is 0.414. The molecule has 0 aliphatic heterocycles. The highest BCUT2D eigenvalue weighted by molar-refractivity contribution is 9.10. The SMILES string of the molecule is COc1ccc(CN=C(C)c2ccccc2Br)cc1. The number of methoxy groups -OCH3 is 1. The molecule has 0 bridgehead atoms. The summed E-state index contributed by atoms with van der Waals surface area (Å²) in [5, 5.41) is 0. The van der Waals surface area contributed by atoms with Crippen molar-refractivity contribution in [2.24, 2.45) is 4.99 Å². The molecule has 0 radical (unpaired) electrons. The van der Waals surface area contributed by atoms with Crippen molar-refractivity contribution in [2.45, 2.75) is 13.5 Å². The zero-order valence-electron chi connectivity index (χ0n) is 11.1. The van der Waals surface area contributed by atoms with Gasteiger partial charge in [0.15, 0.2) is 0 Å². The minimum absolute atomic E-state index is 0.678. The van der Waals surface area contributed by atoms with Crippen molar-refractivity contribution >= 4 is 21.6 Å². The van der Waals surface area contributed by atoms with E-state index in [0.717, 1.165) is 21.5 Å². The molecule has 0 aliphatic rings. The van der Waals surface area contributed by atoms with Crippen LogP contribution in [0.1, 0.15) is 18.1 Å². The van der Waals surface area contributed by atoms with Crippen LogP contribution in [0.3, 0.4) is 0 Å². The summed E-state index contributed by atoms with van der Waals surface area (Å²) in [6.07, 6.45) is 0. The molecular formula is C16H16BrNO. The molecule has 0 amide bonds. The topological polar surface area (TPSA) is 21.6 Å². The molecular weight excluding hydrogens is 302 g/mol. The molecule has 0 saturated carbocycles. The van der Waals surface area contributed by atoms with Crippen molar-refractivity contribution in [3.63, 3.8) is 0 Å². The normalized spacial score (nSPS) is 11.4. The number of aliphatic imine (C=N–C) groups is 1. The van der Waals surface area contributed by atoms with E-state index in [1.54, 1.807) is 7.11 Å². The summed E-state index contributed by atoms with van der Waals surface area (Å²) in [5.41, 5.74) is 3.34. The van der Waals surface area contributed by atoms with Crippen LogP contribution < -0.4 is 4.74 Å². The number of hydrogen-bond donors (Lipinski definition) is 0. The molecule has 0 saturated heterocycles. The summed E-state index contributed by atoms with van der Waals surface area (Å²) < 4.78 is 6.21. The van der Waals surface area contributed by atoms with E-state index in [2.05, 4.69) is 27.0 Å². The number of hydrogen-bond acceptors (Lipinski definition) is 2. The second-order valence-corrected chi connectivity index (χ2v) is 5.08. The van der Waals surface area contributed by atoms with Gasteiger partial charge in [-0.2, -0.15) is 0 Å². The van der Waals surface area contributed by atoms with Gasteiger partial charge in [0.2, 0.25) is 0 Å². The van der Waals surface area contributed by atoms with E-state index in [1.807, 2.05) is 49.4 Å². The molecule has 98 valence electrons. The standard InChI is InChI=1S/C16H16BrNO/c1-12(15-5-3-4-6-16(15)17)18-11-13-7-9-14(19-2)10-8-13/h3-10H,11H2,1-2H3. The predicted octanol–water partition coefficient (Wildman–Crippen LogP) is 4.47. The molecule has 0 spiro atoms. The van der Waals surface area contributed by atoms with Crippen LogP contribution >= 0.6 is 15.9 Å². The molecule has 19 heavy (non-hydrogen) atoms. The zero-order chi connectivity index (χ0) is 13.7. The Kier molecular flexibility index (Phi) is 4.74. The van der Waals surface area contributed by atoms with Crippen molar-refractivity contribution in [1.29, 1.82) is 0 Å². The average molecular weight is 318 g/mol. The van der Waals surface area contributed by atoms with Gasteiger partial charge >= 0.3 is 0 Å². The fourth-order valence-corrected chi connectivity index (χ4v) is 2.35. The van der Waals surface area contributed by atoms with Crippen molar-refractivity contribution in [2.75, 3.05) is 7.11 Å². The summed E-state index contributed by atoms with van der Waals surface area (Å²) in [4.78, 5) is 4.63. The lowest BCUT2D eigenvalue weighted by atomic mass is 10.1. The Balaban J connectivity index is 2.11. The second-order valence-electron chi connectivity index (χ2n) is 4.23. The number of nitrogens with zero attached hydrogens (tertiary/aromatic N) is 1. The van der Waals surface area contributed by atoms with E-state index < -0.39 is 0 Å². The van der Waals surface area contributed by atoms with Crippen LogP contribution in [0, 0.1) is 0 Å². The molecule has 2 rings (SSSR count). The molecule has 2 aromatic rings. The van der Waals surface area contributed by atoms with E-state index in [1.165, 1.54) is 5.56 Å². The highest BCUT2D eigenvalue weighted by atomic mass is 79.9. The Morgan fingerprint density at radius 1 is 1.11 bits per heavy atom. The van der Waals surface area contributed by atoms with E-state index >= 15 is 0 Å². The van der Waals surface area contributed by atoms with Gasteiger partial charge in [0.25, 0.3) is 0 Å². The third-order valence-electron chi connectivity index (χ3n) is 2.92. The maximum absolute atomic E-state index is 5.14. The third-order valence-corrected chi connectivity index (χ3v) is 3.61. The highest BCUT2D eigenvalue weighted by Crippen LogP contribution is 2.17. The molecule has 2 aromatic carbocycles. The molecule has 0 atom stereocenters. The van der Waals surface area contributed by atoms with Gasteiger partial charge in [-0.05, 0) is 30.7 Å². The Hall–Kier alpha value is -1.61. The minimum atomic E-state index is 0.678. The first-order valence-electron chi connectivity index (χ1n) is 6.09. The maximum Gasteiger partial charge on any atom is 0.118 e. The Bertz CT molecular complexity index is 576. The summed E-state index contributed by atoms with van der Waals surface area (Å²) in [6.45, 7) is 2.71. The van der Waals surface area contributed by atoms with Gasteiger partial charge in [-0.1, -0.05) is 46.3 Å². The lowest BCUT2D eigenvalue weighted by Crippen LogP contribution is -1.97. The van der Waals surface area contributed by atoms with Gasteiger partial charge in [0, 0.05) is 15.7 Å². The largest absolute Gasteiger partial charge is 0.497 e. The molecule has 0 unspecified atom stereocenters. The van der Waals surface area contributed by atoms with E-state index in [-0.39, 0.29) is 0 Å². The second kappa shape index (κ2) is 6.53. The van der Waals surface area contributed by atoms with Crippen molar-refractivity contribution < 1.29 is 4.74 Å². The third kappa shape index (κ3) is 3.67. The summed E-state index contributed by atoms with van der Waals surface area (Å²) in [7, 11) is 1.67. The Labute approximate surface area is 122 Å². The molecule has 0 aliphatic carbocycles. The predicted molar refractivity (Wildman–Crippen MR) is 83.1 cm³/mol. The first kappa shape index (κ1) is 13.8. The fourth-order valence-electron chi connectivity index (χ4n) is 1.78. The molecule has 0 fully saturated rings. The lowest BCUT2D eigenvalue weighted by Gasteiger charge is -2.05. The molecule has 2 nitrogen and oxygen atoms in total. The maximum atomic E-state index is 5.14. The Morgan fingerprint density at radius 2 is 1.79 bits per heavy atom. The van der Waals surface area contributed by atoms with Crippen LogP contribution in [-0.4, -0.2) is 12.8 Å². The summed E-state index contributed by atoms with van der Waals surface area (Å²) >= 11 is 3.54. The van der Waals surface area contributed by atoms with Gasteiger partial charge in [-0.25, -0.2) is 0 Å². The Morgan fingerprint density at radius 3 is 2.42 bits per heavy atom. The van der Waals surface area contributed by atoms with Crippen LogP contribution in [0.15, 0.2) is 58.0 Å². The monoisotopic (exact) mass is 317 g/mol. The molecule has 0 N–H and O–H groups in total. The summed E-state index contributed by atoms with van der Waals surface area (Å²) in [6, 6.07) is 16.1. The minimum Gasteiger partial charge on any atom is -0.497 e. The smallest absolute Gasteiger partial charge is 0.118 e. The van der Waals surface area contributed by atoms with Crippen LogP contribution in [0.25, 0.3) is 0 Å². The van der Waals surface area contributed by atoms with Gasteiger partial charge in [0.1, 0.15) is 5.75 Å². The number of benzene rings is 2. The van der Waals surface area contributed by atoms with Gasteiger partial charge < -0.3 is 4.74 Å². The van der Waals surface area contributed by atoms with Crippen LogP contribution in [-0.2, 0) is 6.54 Å². The van der Waals surface area contributed by atoms with E-state index in [0.29, 0.717) is 6.54 Å². The number of ether oxygens (including phenoxy) is 1. The quantitative estimate of drug-likeness (QED) is 0.762. The molecule has 0 aromatic heterocycles. The van der Waals surface area contributed by atoms with Crippen LogP contribution in [0.2, 0.25) is 0 Å².